The SMILES string of the molecule is CCOC(=O)/C=C/c1cccc(-c2ccc(Cl)cc2)c1. The molecule has 2 aromatic rings. The van der Waals surface area contributed by atoms with Crippen LogP contribution in [0.3, 0.4) is 0 Å². The summed E-state index contributed by atoms with van der Waals surface area (Å²) in [6, 6.07) is 15.6. The van der Waals surface area contributed by atoms with Gasteiger partial charge in [0.1, 0.15) is 0 Å². The molecule has 102 valence electrons. The van der Waals surface area contributed by atoms with Crippen molar-refractivity contribution in [2.75, 3.05) is 6.61 Å². The van der Waals surface area contributed by atoms with E-state index in [1.807, 2.05) is 48.5 Å². The Labute approximate surface area is 123 Å². The molecule has 0 aliphatic carbocycles. The van der Waals surface area contributed by atoms with Crippen molar-refractivity contribution in [1.82, 2.24) is 0 Å². The molecule has 2 nitrogen and oxygen atoms in total. The Morgan fingerprint density at radius 2 is 1.90 bits per heavy atom. The second kappa shape index (κ2) is 6.92. The lowest BCUT2D eigenvalue weighted by molar-refractivity contribution is -0.137. The number of benzene rings is 2. The number of rotatable bonds is 4. The monoisotopic (exact) mass is 286 g/mol. The fourth-order valence-electron chi connectivity index (χ4n) is 1.82. The van der Waals surface area contributed by atoms with E-state index >= 15 is 0 Å². The molecule has 3 heteroatoms. The first-order valence-electron chi connectivity index (χ1n) is 6.40. The summed E-state index contributed by atoms with van der Waals surface area (Å²) >= 11 is 5.88. The molecule has 0 heterocycles. The third-order valence-corrected chi connectivity index (χ3v) is 3.01. The molecular weight excluding hydrogens is 272 g/mol. The van der Waals surface area contributed by atoms with E-state index in [9.17, 15) is 4.79 Å². The van der Waals surface area contributed by atoms with Crippen molar-refractivity contribution < 1.29 is 9.53 Å². The Balaban J connectivity index is 2.20. The fraction of sp³-hybridized carbons (Fsp3) is 0.118. The van der Waals surface area contributed by atoms with E-state index in [1.165, 1.54) is 6.08 Å². The molecule has 0 N–H and O–H groups in total. The Kier molecular flexibility index (Phi) is 4.97. The van der Waals surface area contributed by atoms with E-state index in [4.69, 9.17) is 16.3 Å². The van der Waals surface area contributed by atoms with Gasteiger partial charge in [-0.2, -0.15) is 0 Å². The quantitative estimate of drug-likeness (QED) is 0.607. The van der Waals surface area contributed by atoms with Crippen LogP contribution in [0.5, 0.6) is 0 Å². The van der Waals surface area contributed by atoms with E-state index in [0.717, 1.165) is 16.7 Å². The predicted molar refractivity (Wildman–Crippen MR) is 82.6 cm³/mol. The molecule has 2 aromatic carbocycles. The van der Waals surface area contributed by atoms with Gasteiger partial charge in [-0.3, -0.25) is 0 Å². The van der Waals surface area contributed by atoms with Crippen LogP contribution < -0.4 is 0 Å². The molecule has 0 radical (unpaired) electrons. The highest BCUT2D eigenvalue weighted by Crippen LogP contribution is 2.22. The Hall–Kier alpha value is -2.06. The summed E-state index contributed by atoms with van der Waals surface area (Å²) in [5.41, 5.74) is 3.11. The molecule has 0 spiro atoms. The zero-order valence-corrected chi connectivity index (χ0v) is 11.9. The van der Waals surface area contributed by atoms with Gasteiger partial charge in [0.2, 0.25) is 0 Å². The number of halogens is 1. The van der Waals surface area contributed by atoms with Gasteiger partial charge < -0.3 is 4.74 Å². The van der Waals surface area contributed by atoms with Gasteiger partial charge in [0.15, 0.2) is 0 Å². The first-order valence-corrected chi connectivity index (χ1v) is 6.77. The van der Waals surface area contributed by atoms with Gasteiger partial charge in [-0.1, -0.05) is 41.9 Å². The van der Waals surface area contributed by atoms with Crippen molar-refractivity contribution in [2.45, 2.75) is 6.92 Å². The van der Waals surface area contributed by atoms with Crippen LogP contribution in [-0.2, 0) is 9.53 Å². The third kappa shape index (κ3) is 3.97. The molecule has 0 amide bonds. The molecule has 0 saturated heterocycles. The highest BCUT2D eigenvalue weighted by atomic mass is 35.5. The van der Waals surface area contributed by atoms with E-state index in [1.54, 1.807) is 13.0 Å². The van der Waals surface area contributed by atoms with Gasteiger partial charge >= 0.3 is 5.97 Å². The van der Waals surface area contributed by atoms with E-state index in [2.05, 4.69) is 0 Å². The van der Waals surface area contributed by atoms with Crippen LogP contribution in [-0.4, -0.2) is 12.6 Å². The van der Waals surface area contributed by atoms with Crippen LogP contribution in [0, 0.1) is 0 Å². The standard InChI is InChI=1S/C17H15ClO2/c1-2-20-17(19)11-6-13-4-3-5-15(12-13)14-7-9-16(18)10-8-14/h3-12H,2H2,1H3/b11-6+. The molecule has 0 aromatic heterocycles. The van der Waals surface area contributed by atoms with E-state index in [-0.39, 0.29) is 5.97 Å². The van der Waals surface area contributed by atoms with Crippen LogP contribution in [0.4, 0.5) is 0 Å². The first kappa shape index (κ1) is 14.4. The average Bonchev–Trinajstić information content (AvgIpc) is 2.47. The van der Waals surface area contributed by atoms with Crippen molar-refractivity contribution in [2.24, 2.45) is 0 Å². The van der Waals surface area contributed by atoms with Crippen LogP contribution in [0.2, 0.25) is 5.02 Å². The summed E-state index contributed by atoms with van der Waals surface area (Å²) in [4.78, 5) is 11.3. The normalized spacial score (nSPS) is 10.7. The van der Waals surface area contributed by atoms with E-state index < -0.39 is 0 Å². The first-order chi connectivity index (χ1) is 9.69. The average molecular weight is 287 g/mol. The topological polar surface area (TPSA) is 26.3 Å². The Morgan fingerprint density at radius 3 is 2.60 bits per heavy atom. The molecule has 0 bridgehead atoms. The molecule has 0 fully saturated rings. The molecule has 0 aliphatic rings. The lowest BCUT2D eigenvalue weighted by Gasteiger charge is -2.03. The van der Waals surface area contributed by atoms with Gasteiger partial charge in [0.25, 0.3) is 0 Å². The van der Waals surface area contributed by atoms with Crippen molar-refractivity contribution in [3.63, 3.8) is 0 Å². The summed E-state index contributed by atoms with van der Waals surface area (Å²) in [5, 5.41) is 0.715. The summed E-state index contributed by atoms with van der Waals surface area (Å²) in [5.74, 6) is -0.329. The maximum atomic E-state index is 11.3. The zero-order chi connectivity index (χ0) is 14.4. The van der Waals surface area contributed by atoms with Crippen LogP contribution >= 0.6 is 11.6 Å². The van der Waals surface area contributed by atoms with Gasteiger partial charge in [-0.15, -0.1) is 0 Å². The zero-order valence-electron chi connectivity index (χ0n) is 11.2. The van der Waals surface area contributed by atoms with Crippen molar-refractivity contribution in [3.8, 4) is 11.1 Å². The lowest BCUT2D eigenvalue weighted by Crippen LogP contribution is -1.98. The third-order valence-electron chi connectivity index (χ3n) is 2.76. The predicted octanol–water partition coefficient (Wildman–Crippen LogP) is 4.58. The molecule has 0 atom stereocenters. The molecule has 0 saturated carbocycles. The van der Waals surface area contributed by atoms with Crippen LogP contribution in [0.1, 0.15) is 12.5 Å². The summed E-state index contributed by atoms with van der Waals surface area (Å²) in [6.07, 6.45) is 3.18. The van der Waals surface area contributed by atoms with Crippen LogP contribution in [0.15, 0.2) is 54.6 Å². The second-order valence-electron chi connectivity index (χ2n) is 4.22. The van der Waals surface area contributed by atoms with Crippen molar-refractivity contribution in [3.05, 3.63) is 65.2 Å². The number of carbonyl (C=O) groups is 1. The van der Waals surface area contributed by atoms with Gasteiger partial charge in [0, 0.05) is 11.1 Å². The van der Waals surface area contributed by atoms with Crippen LogP contribution in [0.25, 0.3) is 17.2 Å². The van der Waals surface area contributed by atoms with Gasteiger partial charge in [0.05, 0.1) is 6.61 Å². The minimum Gasteiger partial charge on any atom is -0.463 e. The summed E-state index contributed by atoms with van der Waals surface area (Å²) < 4.78 is 4.85. The van der Waals surface area contributed by atoms with Crippen molar-refractivity contribution >= 4 is 23.6 Å². The van der Waals surface area contributed by atoms with Gasteiger partial charge in [-0.05, 0) is 47.9 Å². The summed E-state index contributed by atoms with van der Waals surface area (Å²) in [6.45, 7) is 2.17. The molecule has 2 rings (SSSR count). The highest BCUT2D eigenvalue weighted by molar-refractivity contribution is 6.30. The van der Waals surface area contributed by atoms with Gasteiger partial charge in [-0.25, -0.2) is 4.79 Å². The highest BCUT2D eigenvalue weighted by Gasteiger charge is 1.99. The molecule has 20 heavy (non-hydrogen) atoms. The smallest absolute Gasteiger partial charge is 0.330 e. The lowest BCUT2D eigenvalue weighted by atomic mass is 10.0. The number of ether oxygens (including phenoxy) is 1. The van der Waals surface area contributed by atoms with Crippen molar-refractivity contribution in [1.29, 1.82) is 0 Å². The number of hydrogen-bond donors (Lipinski definition) is 0. The number of esters is 1. The maximum absolute atomic E-state index is 11.3. The number of carbonyl (C=O) groups excluding carboxylic acids is 1. The Morgan fingerprint density at radius 1 is 1.15 bits per heavy atom. The molecule has 0 aliphatic heterocycles. The second-order valence-corrected chi connectivity index (χ2v) is 4.65. The summed E-state index contributed by atoms with van der Waals surface area (Å²) in [7, 11) is 0. The fourth-order valence-corrected chi connectivity index (χ4v) is 1.94. The van der Waals surface area contributed by atoms with E-state index in [0.29, 0.717) is 11.6 Å². The molecule has 0 unspecified atom stereocenters. The minimum atomic E-state index is -0.329. The molecular formula is C17H15ClO2. The minimum absolute atomic E-state index is 0.329. The maximum Gasteiger partial charge on any atom is 0.330 e. The Bertz CT molecular complexity index is 615. The number of hydrogen-bond acceptors (Lipinski definition) is 2. The largest absolute Gasteiger partial charge is 0.463 e.